The molecule has 1 rings (SSSR count). The third-order valence-electron chi connectivity index (χ3n) is 3.53. The summed E-state index contributed by atoms with van der Waals surface area (Å²) in [6.45, 7) is 6.45. The van der Waals surface area contributed by atoms with Crippen molar-refractivity contribution in [2.45, 2.75) is 40.0 Å². The highest BCUT2D eigenvalue weighted by Gasteiger charge is 2.09. The highest BCUT2D eigenvalue weighted by atomic mass is 16.2. The maximum absolute atomic E-state index is 12.0. The van der Waals surface area contributed by atoms with E-state index in [0.717, 1.165) is 6.42 Å². The van der Waals surface area contributed by atoms with Gasteiger partial charge in [0.2, 0.25) is 11.8 Å². The summed E-state index contributed by atoms with van der Waals surface area (Å²) in [4.78, 5) is 35.0. The summed E-state index contributed by atoms with van der Waals surface area (Å²) in [5.41, 5.74) is 1.82. The van der Waals surface area contributed by atoms with Crippen LogP contribution in [0.25, 0.3) is 0 Å². The van der Waals surface area contributed by atoms with Gasteiger partial charge in [-0.25, -0.2) is 0 Å². The molecule has 0 aliphatic carbocycles. The Morgan fingerprint density at radius 3 is 2.13 bits per heavy atom. The topological polar surface area (TPSA) is 75.3 Å². The number of hydrogen-bond acceptors (Lipinski definition) is 3. The lowest BCUT2D eigenvalue weighted by molar-refractivity contribution is -0.124. The molecule has 5 heteroatoms. The summed E-state index contributed by atoms with van der Waals surface area (Å²) >= 11 is 0. The molecule has 1 aromatic rings. The van der Waals surface area contributed by atoms with Gasteiger partial charge in [-0.05, 0) is 12.0 Å². The Labute approximate surface area is 137 Å². The van der Waals surface area contributed by atoms with Gasteiger partial charge in [0.1, 0.15) is 0 Å². The first-order valence-electron chi connectivity index (χ1n) is 8.10. The molecule has 0 bridgehead atoms. The summed E-state index contributed by atoms with van der Waals surface area (Å²) < 4.78 is 0. The number of carbonyl (C=O) groups excluding carboxylic acids is 3. The minimum atomic E-state index is -0.178. The predicted molar refractivity (Wildman–Crippen MR) is 90.2 cm³/mol. The summed E-state index contributed by atoms with van der Waals surface area (Å²) in [5.74, 6) is -0.314. The van der Waals surface area contributed by atoms with Crippen LogP contribution in [0.2, 0.25) is 0 Å². The van der Waals surface area contributed by atoms with Gasteiger partial charge in [0.25, 0.3) is 0 Å². The second-order valence-corrected chi connectivity index (χ2v) is 5.77. The van der Waals surface area contributed by atoms with Crippen LogP contribution in [0.3, 0.4) is 0 Å². The zero-order chi connectivity index (χ0) is 17.2. The summed E-state index contributed by atoms with van der Waals surface area (Å²) in [6.07, 6.45) is 1.28. The van der Waals surface area contributed by atoms with Crippen molar-refractivity contribution < 1.29 is 14.4 Å². The van der Waals surface area contributed by atoms with Gasteiger partial charge in [0.15, 0.2) is 5.78 Å². The van der Waals surface area contributed by atoms with Gasteiger partial charge in [-0.3, -0.25) is 14.4 Å². The zero-order valence-corrected chi connectivity index (χ0v) is 14.1. The van der Waals surface area contributed by atoms with E-state index in [9.17, 15) is 14.4 Å². The highest BCUT2D eigenvalue weighted by molar-refractivity contribution is 5.97. The molecule has 0 unspecified atom stereocenters. The molecule has 0 saturated heterocycles. The van der Waals surface area contributed by atoms with Crippen molar-refractivity contribution in [2.24, 2.45) is 5.92 Å². The highest BCUT2D eigenvalue weighted by Crippen LogP contribution is 2.08. The van der Waals surface area contributed by atoms with E-state index < -0.39 is 0 Å². The third-order valence-corrected chi connectivity index (χ3v) is 3.53. The van der Waals surface area contributed by atoms with Crippen LogP contribution in [0.5, 0.6) is 0 Å². The largest absolute Gasteiger partial charge is 0.354 e. The van der Waals surface area contributed by atoms with Crippen molar-refractivity contribution in [3.63, 3.8) is 0 Å². The molecule has 1 aromatic carbocycles. The lowest BCUT2D eigenvalue weighted by Gasteiger charge is -2.08. The minimum Gasteiger partial charge on any atom is -0.354 e. The van der Waals surface area contributed by atoms with E-state index in [4.69, 9.17) is 0 Å². The fraction of sp³-hybridized carbons (Fsp3) is 0.500. The summed E-state index contributed by atoms with van der Waals surface area (Å²) in [6, 6.07) is 7.48. The zero-order valence-electron chi connectivity index (χ0n) is 14.1. The van der Waals surface area contributed by atoms with E-state index in [-0.39, 0.29) is 36.4 Å². The first-order chi connectivity index (χ1) is 10.9. The Hall–Kier alpha value is -2.17. The minimum absolute atomic E-state index is 0.0316. The molecule has 2 amide bonds. The number of hydrogen-bond donors (Lipinski definition) is 2. The van der Waals surface area contributed by atoms with E-state index in [1.54, 1.807) is 12.1 Å². The number of benzene rings is 1. The number of amides is 2. The molecular formula is C18H26N2O3. The lowest BCUT2D eigenvalue weighted by Crippen LogP contribution is -2.36. The molecule has 5 nitrogen and oxygen atoms in total. The maximum Gasteiger partial charge on any atom is 0.222 e. The molecule has 0 aliphatic rings. The quantitative estimate of drug-likeness (QED) is 0.541. The summed E-state index contributed by atoms with van der Waals surface area (Å²) in [5, 5.41) is 5.41. The second kappa shape index (κ2) is 9.77. The first-order valence-corrected chi connectivity index (χ1v) is 8.10. The molecule has 23 heavy (non-hydrogen) atoms. The maximum atomic E-state index is 12.0. The molecule has 0 saturated carbocycles. The Balaban J connectivity index is 2.24. The second-order valence-electron chi connectivity index (χ2n) is 5.77. The third kappa shape index (κ3) is 7.08. The van der Waals surface area contributed by atoms with E-state index in [1.807, 2.05) is 26.0 Å². The molecular weight excluding hydrogens is 292 g/mol. The fourth-order valence-electron chi connectivity index (χ4n) is 1.98. The van der Waals surface area contributed by atoms with Crippen LogP contribution >= 0.6 is 0 Å². The number of nitrogens with one attached hydrogen (secondary N) is 2. The van der Waals surface area contributed by atoms with E-state index in [2.05, 4.69) is 17.6 Å². The number of ketones is 1. The predicted octanol–water partition coefficient (Wildman–Crippen LogP) is 2.10. The van der Waals surface area contributed by atoms with Crippen LogP contribution in [0, 0.1) is 5.92 Å². The normalized spacial score (nSPS) is 10.4. The van der Waals surface area contributed by atoms with Gasteiger partial charge in [-0.15, -0.1) is 0 Å². The lowest BCUT2D eigenvalue weighted by atomic mass is 10.0. The molecule has 0 spiro atoms. The molecule has 2 N–H and O–H groups in total. The smallest absolute Gasteiger partial charge is 0.222 e. The van der Waals surface area contributed by atoms with Crippen LogP contribution in [-0.4, -0.2) is 30.7 Å². The van der Waals surface area contributed by atoms with Crippen molar-refractivity contribution >= 4 is 17.6 Å². The number of carbonyl (C=O) groups is 3. The van der Waals surface area contributed by atoms with Crippen LogP contribution in [0.15, 0.2) is 24.3 Å². The average Bonchev–Trinajstić information content (AvgIpc) is 2.56. The Morgan fingerprint density at radius 2 is 1.57 bits per heavy atom. The standard InChI is InChI=1S/C18H26N2O3/c1-4-14-5-7-15(8-6-14)16(21)9-10-17(22)19-11-12-20-18(23)13(2)3/h5-8,13H,4,9-12H2,1-3H3,(H,19,22)(H,20,23). The molecule has 126 valence electrons. The van der Waals surface area contributed by atoms with E-state index in [0.29, 0.717) is 18.7 Å². The number of aryl methyl sites for hydroxylation is 1. The number of Topliss-reactive ketones (excluding diaryl/α,β-unsaturated/α-hetero) is 1. The average molecular weight is 318 g/mol. The Morgan fingerprint density at radius 1 is 0.957 bits per heavy atom. The van der Waals surface area contributed by atoms with Crippen molar-refractivity contribution in [2.75, 3.05) is 13.1 Å². The van der Waals surface area contributed by atoms with Crippen molar-refractivity contribution in [3.05, 3.63) is 35.4 Å². The molecule has 0 aromatic heterocycles. The van der Waals surface area contributed by atoms with Crippen LogP contribution in [-0.2, 0) is 16.0 Å². The monoisotopic (exact) mass is 318 g/mol. The molecule has 0 heterocycles. The summed E-state index contributed by atoms with van der Waals surface area (Å²) in [7, 11) is 0. The van der Waals surface area contributed by atoms with Crippen molar-refractivity contribution in [1.82, 2.24) is 10.6 Å². The SMILES string of the molecule is CCc1ccc(C(=O)CCC(=O)NCCNC(=O)C(C)C)cc1. The Bertz CT molecular complexity index is 536. The molecule has 0 atom stereocenters. The van der Waals surface area contributed by atoms with Crippen LogP contribution in [0.1, 0.15) is 49.5 Å². The van der Waals surface area contributed by atoms with Gasteiger partial charge in [0, 0.05) is 37.4 Å². The van der Waals surface area contributed by atoms with Gasteiger partial charge >= 0.3 is 0 Å². The van der Waals surface area contributed by atoms with Gasteiger partial charge in [0.05, 0.1) is 0 Å². The van der Waals surface area contributed by atoms with Crippen LogP contribution < -0.4 is 10.6 Å². The van der Waals surface area contributed by atoms with Crippen LogP contribution in [0.4, 0.5) is 0 Å². The van der Waals surface area contributed by atoms with Gasteiger partial charge < -0.3 is 10.6 Å². The van der Waals surface area contributed by atoms with Gasteiger partial charge in [-0.2, -0.15) is 0 Å². The van der Waals surface area contributed by atoms with E-state index >= 15 is 0 Å². The number of rotatable bonds is 9. The fourth-order valence-corrected chi connectivity index (χ4v) is 1.98. The first kappa shape index (κ1) is 18.9. The van der Waals surface area contributed by atoms with E-state index in [1.165, 1.54) is 5.56 Å². The van der Waals surface area contributed by atoms with Crippen molar-refractivity contribution in [1.29, 1.82) is 0 Å². The molecule has 0 aliphatic heterocycles. The molecule has 0 fully saturated rings. The Kier molecular flexibility index (Phi) is 8.02. The molecule has 0 radical (unpaired) electrons. The van der Waals surface area contributed by atoms with Crippen molar-refractivity contribution in [3.8, 4) is 0 Å². The van der Waals surface area contributed by atoms with Gasteiger partial charge in [-0.1, -0.05) is 45.0 Å².